The standard InChI is InChI=1S/C12H17ClN2O2S/c1-8-3-4-10(13)7-12(8)18(16,17)15-6-5-11(14)9(15)2/h3-4,7,9,11H,5-6,14H2,1-2H3. The highest BCUT2D eigenvalue weighted by Crippen LogP contribution is 2.28. The molecule has 1 saturated heterocycles. The number of nitrogens with zero attached hydrogens (tertiary/aromatic N) is 1. The van der Waals surface area contributed by atoms with Crippen LogP contribution in [0.2, 0.25) is 5.02 Å². The lowest BCUT2D eigenvalue weighted by atomic mass is 10.2. The van der Waals surface area contributed by atoms with Gasteiger partial charge in [0.1, 0.15) is 0 Å². The summed E-state index contributed by atoms with van der Waals surface area (Å²) in [5.41, 5.74) is 6.58. The van der Waals surface area contributed by atoms with Crippen LogP contribution in [0.5, 0.6) is 0 Å². The van der Waals surface area contributed by atoms with Gasteiger partial charge in [-0.15, -0.1) is 0 Å². The summed E-state index contributed by atoms with van der Waals surface area (Å²) in [6.45, 7) is 4.08. The quantitative estimate of drug-likeness (QED) is 0.902. The molecule has 18 heavy (non-hydrogen) atoms. The highest BCUT2D eigenvalue weighted by Gasteiger charge is 2.37. The third-order valence-corrected chi connectivity index (χ3v) is 5.86. The first-order chi connectivity index (χ1) is 8.34. The number of aryl methyl sites for hydroxylation is 1. The van der Waals surface area contributed by atoms with Crippen LogP contribution in [0.25, 0.3) is 0 Å². The molecule has 1 aromatic carbocycles. The van der Waals surface area contributed by atoms with Crippen LogP contribution in [0.1, 0.15) is 18.9 Å². The van der Waals surface area contributed by atoms with Gasteiger partial charge in [0.2, 0.25) is 10.0 Å². The predicted molar refractivity (Wildman–Crippen MR) is 72.1 cm³/mol. The van der Waals surface area contributed by atoms with Crippen molar-refractivity contribution < 1.29 is 8.42 Å². The van der Waals surface area contributed by atoms with Crippen LogP contribution in [-0.2, 0) is 10.0 Å². The molecule has 0 aliphatic carbocycles. The number of hydrogen-bond acceptors (Lipinski definition) is 3. The zero-order valence-corrected chi connectivity index (χ0v) is 12.0. The van der Waals surface area contributed by atoms with Crippen molar-refractivity contribution in [2.24, 2.45) is 5.73 Å². The van der Waals surface area contributed by atoms with Gasteiger partial charge in [0.25, 0.3) is 0 Å². The van der Waals surface area contributed by atoms with Crippen molar-refractivity contribution in [1.29, 1.82) is 0 Å². The van der Waals surface area contributed by atoms with E-state index in [-0.39, 0.29) is 17.0 Å². The minimum absolute atomic E-state index is 0.0979. The Labute approximate surface area is 113 Å². The van der Waals surface area contributed by atoms with E-state index >= 15 is 0 Å². The van der Waals surface area contributed by atoms with E-state index in [1.54, 1.807) is 19.1 Å². The maximum Gasteiger partial charge on any atom is 0.243 e. The SMILES string of the molecule is Cc1ccc(Cl)cc1S(=O)(=O)N1CCC(N)C1C. The van der Waals surface area contributed by atoms with Crippen molar-refractivity contribution in [1.82, 2.24) is 4.31 Å². The lowest BCUT2D eigenvalue weighted by Gasteiger charge is -2.23. The Morgan fingerprint density at radius 2 is 2.11 bits per heavy atom. The average Bonchev–Trinajstić information content (AvgIpc) is 2.63. The third-order valence-electron chi connectivity index (χ3n) is 3.49. The molecule has 100 valence electrons. The molecule has 6 heteroatoms. The zero-order chi connectivity index (χ0) is 13.5. The molecule has 1 fully saturated rings. The van der Waals surface area contributed by atoms with Gasteiger partial charge in [-0.2, -0.15) is 4.31 Å². The Morgan fingerprint density at radius 3 is 2.67 bits per heavy atom. The molecule has 0 bridgehead atoms. The Kier molecular flexibility index (Phi) is 3.69. The highest BCUT2D eigenvalue weighted by atomic mass is 35.5. The van der Waals surface area contributed by atoms with E-state index in [4.69, 9.17) is 17.3 Å². The largest absolute Gasteiger partial charge is 0.326 e. The molecular weight excluding hydrogens is 272 g/mol. The molecule has 1 aliphatic heterocycles. The molecule has 2 N–H and O–H groups in total. The summed E-state index contributed by atoms with van der Waals surface area (Å²) < 4.78 is 26.6. The van der Waals surface area contributed by atoms with Crippen molar-refractivity contribution >= 4 is 21.6 Å². The predicted octanol–water partition coefficient (Wildman–Crippen LogP) is 1.76. The summed E-state index contributed by atoms with van der Waals surface area (Å²) in [5, 5.41) is 0.426. The number of hydrogen-bond donors (Lipinski definition) is 1. The topological polar surface area (TPSA) is 63.4 Å². The molecule has 0 saturated carbocycles. The lowest BCUT2D eigenvalue weighted by Crippen LogP contribution is -2.40. The summed E-state index contributed by atoms with van der Waals surface area (Å²) in [6, 6.07) is 4.64. The first kappa shape index (κ1) is 13.8. The molecule has 1 heterocycles. The number of sulfonamides is 1. The molecule has 2 rings (SSSR count). The fraction of sp³-hybridized carbons (Fsp3) is 0.500. The van der Waals surface area contributed by atoms with Gasteiger partial charge in [-0.1, -0.05) is 17.7 Å². The van der Waals surface area contributed by atoms with Crippen molar-refractivity contribution in [2.75, 3.05) is 6.54 Å². The maximum atomic E-state index is 12.6. The van der Waals surface area contributed by atoms with E-state index < -0.39 is 10.0 Å². The maximum absolute atomic E-state index is 12.6. The van der Waals surface area contributed by atoms with Crippen molar-refractivity contribution in [3.8, 4) is 0 Å². The number of benzene rings is 1. The summed E-state index contributed by atoms with van der Waals surface area (Å²) >= 11 is 5.89. The smallest absolute Gasteiger partial charge is 0.243 e. The van der Waals surface area contributed by atoms with E-state index in [1.165, 1.54) is 10.4 Å². The second-order valence-electron chi connectivity index (χ2n) is 4.72. The van der Waals surface area contributed by atoms with Crippen LogP contribution in [0.15, 0.2) is 23.1 Å². The molecule has 4 nitrogen and oxygen atoms in total. The first-order valence-electron chi connectivity index (χ1n) is 5.87. The van der Waals surface area contributed by atoms with E-state index in [0.717, 1.165) is 0 Å². The van der Waals surface area contributed by atoms with Gasteiger partial charge in [0, 0.05) is 23.7 Å². The lowest BCUT2D eigenvalue weighted by molar-refractivity contribution is 0.393. The van der Waals surface area contributed by atoms with Gasteiger partial charge in [0.05, 0.1) is 4.90 Å². The summed E-state index contributed by atoms with van der Waals surface area (Å²) in [4.78, 5) is 0.274. The summed E-state index contributed by atoms with van der Waals surface area (Å²) in [7, 11) is -3.51. The van der Waals surface area contributed by atoms with Crippen molar-refractivity contribution in [2.45, 2.75) is 37.2 Å². The first-order valence-corrected chi connectivity index (χ1v) is 7.69. The molecule has 0 spiro atoms. The molecule has 2 atom stereocenters. The molecule has 1 aliphatic rings. The normalized spacial score (nSPS) is 25.6. The van der Waals surface area contributed by atoms with Gasteiger partial charge in [-0.05, 0) is 38.0 Å². The van der Waals surface area contributed by atoms with Gasteiger partial charge in [0.15, 0.2) is 0 Å². The summed E-state index contributed by atoms with van der Waals surface area (Å²) in [6.07, 6.45) is 0.694. The van der Waals surface area contributed by atoms with Gasteiger partial charge in [-0.25, -0.2) is 8.42 Å². The van der Waals surface area contributed by atoms with Crippen LogP contribution in [-0.4, -0.2) is 31.4 Å². The van der Waals surface area contributed by atoms with Crippen molar-refractivity contribution in [3.05, 3.63) is 28.8 Å². The van der Waals surface area contributed by atoms with Crippen LogP contribution in [0.3, 0.4) is 0 Å². The Bertz CT molecular complexity index is 559. The molecule has 0 radical (unpaired) electrons. The van der Waals surface area contributed by atoms with Gasteiger partial charge < -0.3 is 5.73 Å². The average molecular weight is 289 g/mol. The van der Waals surface area contributed by atoms with Crippen LogP contribution in [0.4, 0.5) is 0 Å². The van der Waals surface area contributed by atoms with Gasteiger partial charge >= 0.3 is 0 Å². The van der Waals surface area contributed by atoms with Crippen LogP contribution < -0.4 is 5.73 Å². The Hall–Kier alpha value is -0.620. The molecule has 0 amide bonds. The van der Waals surface area contributed by atoms with Crippen molar-refractivity contribution in [3.63, 3.8) is 0 Å². The Balaban J connectivity index is 2.46. The third kappa shape index (κ3) is 2.28. The minimum atomic E-state index is -3.51. The molecule has 0 aromatic heterocycles. The van der Waals surface area contributed by atoms with E-state index in [9.17, 15) is 8.42 Å². The summed E-state index contributed by atoms with van der Waals surface area (Å²) in [5.74, 6) is 0. The highest BCUT2D eigenvalue weighted by molar-refractivity contribution is 7.89. The van der Waals surface area contributed by atoms with Gasteiger partial charge in [-0.3, -0.25) is 0 Å². The van der Waals surface area contributed by atoms with E-state index in [0.29, 0.717) is 23.6 Å². The number of halogens is 1. The zero-order valence-electron chi connectivity index (χ0n) is 10.4. The van der Waals surface area contributed by atoms with E-state index in [2.05, 4.69) is 0 Å². The fourth-order valence-corrected chi connectivity index (χ4v) is 4.43. The second kappa shape index (κ2) is 4.81. The monoisotopic (exact) mass is 288 g/mol. The van der Waals surface area contributed by atoms with Crippen LogP contribution >= 0.6 is 11.6 Å². The molecule has 1 aromatic rings. The number of nitrogens with two attached hydrogens (primary N) is 1. The minimum Gasteiger partial charge on any atom is -0.326 e. The number of rotatable bonds is 2. The molecular formula is C12H17ClN2O2S. The Morgan fingerprint density at radius 1 is 1.44 bits per heavy atom. The second-order valence-corrected chi connectivity index (χ2v) is 7.01. The fourth-order valence-electron chi connectivity index (χ4n) is 2.25. The molecule has 2 unspecified atom stereocenters. The van der Waals surface area contributed by atoms with Crippen LogP contribution in [0, 0.1) is 6.92 Å². The van der Waals surface area contributed by atoms with E-state index in [1.807, 2.05) is 6.92 Å².